The number of hydrogen-bond acceptors (Lipinski definition) is 4. The average molecular weight is 287 g/mol. The van der Waals surface area contributed by atoms with Gasteiger partial charge in [0.15, 0.2) is 9.84 Å². The third-order valence-electron chi connectivity index (χ3n) is 3.85. The Balaban J connectivity index is 2.68. The molecule has 1 aliphatic rings. The summed E-state index contributed by atoms with van der Waals surface area (Å²) in [6, 6.07) is 2.86. The molecule has 0 saturated heterocycles. The normalized spacial score (nSPS) is 19.0. The summed E-state index contributed by atoms with van der Waals surface area (Å²) in [6.07, 6.45) is 2.53. The van der Waals surface area contributed by atoms with Crippen LogP contribution in [0.15, 0.2) is 17.0 Å². The van der Waals surface area contributed by atoms with Crippen LogP contribution in [0.4, 0.5) is 4.39 Å². The summed E-state index contributed by atoms with van der Waals surface area (Å²) < 4.78 is 43.1. The summed E-state index contributed by atoms with van der Waals surface area (Å²) in [6.45, 7) is 1.82. The Morgan fingerprint density at radius 2 is 2.00 bits per heavy atom. The van der Waals surface area contributed by atoms with Gasteiger partial charge in [-0.15, -0.1) is 0 Å². The summed E-state index contributed by atoms with van der Waals surface area (Å²) in [7, 11) is -2.38. The van der Waals surface area contributed by atoms with E-state index < -0.39 is 21.1 Å². The van der Waals surface area contributed by atoms with Gasteiger partial charge in [0, 0.05) is 17.7 Å². The summed E-state index contributed by atoms with van der Waals surface area (Å²) in [4.78, 5) is -0.376. The van der Waals surface area contributed by atoms with Crippen LogP contribution in [-0.4, -0.2) is 27.8 Å². The minimum absolute atomic E-state index is 0.0317. The van der Waals surface area contributed by atoms with Gasteiger partial charge in [0.1, 0.15) is 16.5 Å². The molecule has 0 spiro atoms. The Kier molecular flexibility index (Phi) is 3.35. The number of rotatable bonds is 4. The first-order chi connectivity index (χ1) is 8.74. The largest absolute Gasteiger partial charge is 0.495 e. The maximum atomic E-state index is 14.6. The van der Waals surface area contributed by atoms with Gasteiger partial charge in [-0.05, 0) is 31.4 Å². The summed E-state index contributed by atoms with van der Waals surface area (Å²) in [5, 5.41) is 0. The maximum absolute atomic E-state index is 14.6. The number of hydrogen-bond donors (Lipinski definition) is 1. The topological polar surface area (TPSA) is 69.4 Å². The molecule has 1 fully saturated rings. The van der Waals surface area contributed by atoms with Crippen molar-refractivity contribution in [3.63, 3.8) is 0 Å². The van der Waals surface area contributed by atoms with E-state index in [-0.39, 0.29) is 16.7 Å². The molecular weight excluding hydrogens is 269 g/mol. The van der Waals surface area contributed by atoms with Crippen molar-refractivity contribution < 1.29 is 17.5 Å². The van der Waals surface area contributed by atoms with E-state index in [0.717, 1.165) is 19.1 Å². The molecule has 0 heterocycles. The number of halogens is 1. The van der Waals surface area contributed by atoms with Crippen LogP contribution in [0.1, 0.15) is 25.3 Å². The van der Waals surface area contributed by atoms with Crippen LogP contribution < -0.4 is 10.5 Å². The van der Waals surface area contributed by atoms with Crippen LogP contribution in [0.2, 0.25) is 0 Å². The first kappa shape index (κ1) is 14.3. The van der Waals surface area contributed by atoms with Crippen LogP contribution in [-0.2, 0) is 15.3 Å². The Labute approximate surface area is 112 Å². The lowest BCUT2D eigenvalue weighted by molar-refractivity contribution is 0.391. The number of ether oxygens (including phenoxy) is 1. The van der Waals surface area contributed by atoms with Gasteiger partial charge in [0.2, 0.25) is 0 Å². The summed E-state index contributed by atoms with van der Waals surface area (Å²) in [5.41, 5.74) is 5.86. The Hall–Kier alpha value is -1.14. The molecule has 0 aromatic heterocycles. The van der Waals surface area contributed by atoms with E-state index in [0.29, 0.717) is 5.56 Å². The number of benzene rings is 1. The highest BCUT2D eigenvalue weighted by molar-refractivity contribution is 7.90. The molecule has 0 bridgehead atoms. The molecule has 1 unspecified atom stereocenters. The predicted octanol–water partition coefficient (Wildman–Crippen LogP) is 1.62. The Morgan fingerprint density at radius 3 is 2.37 bits per heavy atom. The molecule has 106 valence electrons. The number of methoxy groups -OCH3 is 1. The smallest absolute Gasteiger partial charge is 0.182 e. The molecule has 6 heteroatoms. The van der Waals surface area contributed by atoms with Crippen LogP contribution in [0.3, 0.4) is 0 Å². The fourth-order valence-corrected chi connectivity index (χ4v) is 3.49. The van der Waals surface area contributed by atoms with Gasteiger partial charge in [-0.25, -0.2) is 12.8 Å². The lowest BCUT2D eigenvalue weighted by Crippen LogP contribution is -2.32. The van der Waals surface area contributed by atoms with Crippen molar-refractivity contribution >= 4 is 9.84 Å². The van der Waals surface area contributed by atoms with Crippen molar-refractivity contribution in [1.29, 1.82) is 0 Å². The monoisotopic (exact) mass is 287 g/mol. The molecule has 0 radical (unpaired) electrons. The minimum atomic E-state index is -3.70. The molecule has 4 nitrogen and oxygen atoms in total. The second-order valence-electron chi connectivity index (χ2n) is 5.18. The molecule has 0 amide bonds. The minimum Gasteiger partial charge on any atom is -0.495 e. The zero-order chi connectivity index (χ0) is 14.4. The van der Waals surface area contributed by atoms with Crippen LogP contribution in [0.5, 0.6) is 5.75 Å². The molecule has 1 aliphatic carbocycles. The van der Waals surface area contributed by atoms with Gasteiger partial charge in [-0.1, -0.05) is 6.07 Å². The third kappa shape index (κ3) is 2.23. The average Bonchev–Trinajstić information content (AvgIpc) is 3.07. The molecular formula is C13H18FNO3S. The summed E-state index contributed by atoms with van der Waals surface area (Å²) >= 11 is 0. The van der Waals surface area contributed by atoms with E-state index in [1.807, 2.05) is 6.92 Å². The van der Waals surface area contributed by atoms with E-state index >= 15 is 0 Å². The quantitative estimate of drug-likeness (QED) is 0.913. The van der Waals surface area contributed by atoms with E-state index in [9.17, 15) is 12.8 Å². The molecule has 2 rings (SSSR count). The van der Waals surface area contributed by atoms with Crippen LogP contribution >= 0.6 is 0 Å². The van der Waals surface area contributed by atoms with Crippen LogP contribution in [0, 0.1) is 5.82 Å². The van der Waals surface area contributed by atoms with Gasteiger partial charge >= 0.3 is 0 Å². The fourth-order valence-electron chi connectivity index (χ4n) is 2.53. The Morgan fingerprint density at radius 1 is 1.42 bits per heavy atom. The predicted molar refractivity (Wildman–Crippen MR) is 70.6 cm³/mol. The number of sulfone groups is 1. The van der Waals surface area contributed by atoms with Crippen molar-refractivity contribution in [3.8, 4) is 5.75 Å². The lowest BCUT2D eigenvalue weighted by atomic mass is 9.89. The highest BCUT2D eigenvalue weighted by atomic mass is 32.2. The zero-order valence-electron chi connectivity index (χ0n) is 11.2. The van der Waals surface area contributed by atoms with Crippen molar-refractivity contribution in [2.24, 2.45) is 5.73 Å². The van der Waals surface area contributed by atoms with Crippen molar-refractivity contribution in [3.05, 3.63) is 23.5 Å². The van der Waals surface area contributed by atoms with E-state index in [1.54, 1.807) is 6.07 Å². The van der Waals surface area contributed by atoms with Crippen LogP contribution in [0.25, 0.3) is 0 Å². The highest BCUT2D eigenvalue weighted by Gasteiger charge is 2.50. The van der Waals surface area contributed by atoms with Gasteiger partial charge in [0.25, 0.3) is 0 Å². The lowest BCUT2D eigenvalue weighted by Gasteiger charge is -2.22. The third-order valence-corrected chi connectivity index (χ3v) is 4.97. The highest BCUT2D eigenvalue weighted by Crippen LogP contribution is 2.52. The first-order valence-electron chi connectivity index (χ1n) is 6.06. The van der Waals surface area contributed by atoms with Crippen molar-refractivity contribution in [2.45, 2.75) is 36.1 Å². The van der Waals surface area contributed by atoms with E-state index in [2.05, 4.69) is 0 Å². The van der Waals surface area contributed by atoms with Gasteiger partial charge < -0.3 is 10.5 Å². The van der Waals surface area contributed by atoms with Crippen molar-refractivity contribution in [2.75, 3.05) is 13.4 Å². The zero-order valence-corrected chi connectivity index (χ0v) is 12.1. The second-order valence-corrected chi connectivity index (χ2v) is 7.13. The van der Waals surface area contributed by atoms with Gasteiger partial charge in [0.05, 0.1) is 7.11 Å². The molecule has 19 heavy (non-hydrogen) atoms. The summed E-state index contributed by atoms with van der Waals surface area (Å²) in [5.74, 6) is -0.694. The second kappa shape index (κ2) is 4.45. The van der Waals surface area contributed by atoms with E-state index in [1.165, 1.54) is 13.2 Å². The Bertz CT molecular complexity index is 607. The molecule has 2 N–H and O–H groups in total. The first-order valence-corrected chi connectivity index (χ1v) is 7.96. The van der Waals surface area contributed by atoms with E-state index in [4.69, 9.17) is 10.5 Å². The molecule has 1 atom stereocenters. The SMILES string of the molecule is COc1ccc(C2(C(C)N)CC2)c(F)c1S(C)(=O)=O. The molecule has 1 aromatic rings. The van der Waals surface area contributed by atoms with Gasteiger partial charge in [-0.3, -0.25) is 0 Å². The number of nitrogens with two attached hydrogens (primary N) is 1. The maximum Gasteiger partial charge on any atom is 0.182 e. The molecule has 1 aromatic carbocycles. The molecule has 1 saturated carbocycles. The fraction of sp³-hybridized carbons (Fsp3) is 0.538. The molecule has 0 aliphatic heterocycles. The van der Waals surface area contributed by atoms with Crippen molar-refractivity contribution in [1.82, 2.24) is 0 Å². The standard InChI is InChI=1S/C13H18FNO3S/c1-8(15)13(6-7-13)9-4-5-10(18-2)12(11(9)14)19(3,16)17/h4-5,8H,6-7,15H2,1-3H3. The van der Waals surface area contributed by atoms with Gasteiger partial charge in [-0.2, -0.15) is 0 Å².